The monoisotopic (exact) mass is 275 g/mol. The number of piperidine rings is 1. The number of hydrogen-bond donors (Lipinski definition) is 1. The van der Waals surface area contributed by atoms with Crippen molar-refractivity contribution < 1.29 is 9.13 Å². The number of aromatic nitrogens is 2. The Labute approximate surface area is 117 Å². The molecule has 1 aliphatic heterocycles. The van der Waals surface area contributed by atoms with Crippen molar-refractivity contribution in [3.63, 3.8) is 0 Å². The fourth-order valence-electron chi connectivity index (χ4n) is 2.83. The first-order valence-corrected chi connectivity index (χ1v) is 6.84. The Morgan fingerprint density at radius 2 is 2.10 bits per heavy atom. The molecule has 2 aromatic rings. The Balaban J connectivity index is 1.70. The summed E-state index contributed by atoms with van der Waals surface area (Å²) in [4.78, 5) is 2.30. The quantitative estimate of drug-likeness (QED) is 0.936. The molecule has 0 amide bonds. The van der Waals surface area contributed by atoms with Crippen molar-refractivity contribution in [3.8, 4) is 5.75 Å². The maximum absolute atomic E-state index is 13.6. The van der Waals surface area contributed by atoms with Crippen LogP contribution in [0.25, 0.3) is 0 Å². The van der Waals surface area contributed by atoms with E-state index in [1.165, 1.54) is 6.07 Å². The van der Waals surface area contributed by atoms with Crippen LogP contribution in [0.15, 0.2) is 30.6 Å². The van der Waals surface area contributed by atoms with Crippen LogP contribution in [0.5, 0.6) is 5.75 Å². The van der Waals surface area contributed by atoms with Crippen LogP contribution in [0.2, 0.25) is 0 Å². The smallest absolute Gasteiger partial charge is 0.127 e. The molecule has 1 saturated heterocycles. The molecule has 1 N–H and O–H groups in total. The number of methoxy groups -OCH3 is 1. The average Bonchev–Trinajstić information content (AvgIpc) is 3.01. The highest BCUT2D eigenvalue weighted by molar-refractivity contribution is 5.43. The van der Waals surface area contributed by atoms with Gasteiger partial charge in [-0.05, 0) is 36.5 Å². The molecule has 1 aromatic carbocycles. The molecule has 4 nitrogen and oxygen atoms in total. The summed E-state index contributed by atoms with van der Waals surface area (Å²) in [5, 5.41) is 6.81. The van der Waals surface area contributed by atoms with Gasteiger partial charge >= 0.3 is 0 Å². The number of nitrogens with one attached hydrogen (secondary N) is 1. The number of hydrogen-bond acceptors (Lipinski definition) is 3. The van der Waals surface area contributed by atoms with E-state index in [1.807, 2.05) is 18.5 Å². The van der Waals surface area contributed by atoms with Gasteiger partial charge in [0.15, 0.2) is 0 Å². The molecule has 2 heterocycles. The molecule has 3 rings (SSSR count). The minimum absolute atomic E-state index is 0.225. The van der Waals surface area contributed by atoms with Crippen LogP contribution in [0, 0.1) is 5.82 Å². The van der Waals surface area contributed by atoms with Crippen molar-refractivity contribution in [1.29, 1.82) is 0 Å². The van der Waals surface area contributed by atoms with Gasteiger partial charge in [-0.3, -0.25) is 5.10 Å². The third-order valence-corrected chi connectivity index (χ3v) is 3.94. The van der Waals surface area contributed by atoms with Crippen molar-refractivity contribution in [3.05, 3.63) is 42.0 Å². The second-order valence-corrected chi connectivity index (χ2v) is 5.14. The van der Waals surface area contributed by atoms with Gasteiger partial charge in [0.25, 0.3) is 0 Å². The highest BCUT2D eigenvalue weighted by Crippen LogP contribution is 2.32. The molecule has 20 heavy (non-hydrogen) atoms. The average molecular weight is 275 g/mol. The molecular weight excluding hydrogens is 257 g/mol. The number of nitrogens with zero attached hydrogens (tertiary/aromatic N) is 2. The number of benzene rings is 1. The van der Waals surface area contributed by atoms with E-state index >= 15 is 0 Å². The minimum Gasteiger partial charge on any atom is -0.497 e. The molecule has 0 atom stereocenters. The normalized spacial score (nSPS) is 16.4. The minimum atomic E-state index is -0.225. The maximum Gasteiger partial charge on any atom is 0.127 e. The molecule has 0 radical (unpaired) electrons. The first kappa shape index (κ1) is 13.0. The topological polar surface area (TPSA) is 41.1 Å². The van der Waals surface area contributed by atoms with Crippen LogP contribution in [-0.2, 0) is 0 Å². The van der Waals surface area contributed by atoms with Gasteiger partial charge in [0.05, 0.1) is 19.0 Å². The lowest BCUT2D eigenvalue weighted by Gasteiger charge is -2.32. The van der Waals surface area contributed by atoms with E-state index in [9.17, 15) is 4.39 Å². The summed E-state index contributed by atoms with van der Waals surface area (Å²) in [5.41, 5.74) is 2.16. The molecule has 0 saturated carbocycles. The predicted octanol–water partition coefficient (Wildman–Crippen LogP) is 2.94. The molecule has 1 aliphatic rings. The molecular formula is C15H18FN3O. The summed E-state index contributed by atoms with van der Waals surface area (Å²) in [6.45, 7) is 1.92. The predicted molar refractivity (Wildman–Crippen MR) is 75.7 cm³/mol. The highest BCUT2D eigenvalue weighted by Gasteiger charge is 2.22. The van der Waals surface area contributed by atoms with Crippen molar-refractivity contribution in [1.82, 2.24) is 10.2 Å². The van der Waals surface area contributed by atoms with E-state index in [1.54, 1.807) is 13.2 Å². The first-order valence-electron chi connectivity index (χ1n) is 6.84. The van der Waals surface area contributed by atoms with Crippen LogP contribution in [0.3, 0.4) is 0 Å². The molecule has 0 bridgehead atoms. The molecule has 0 aliphatic carbocycles. The molecule has 1 aromatic heterocycles. The maximum atomic E-state index is 13.6. The third-order valence-electron chi connectivity index (χ3n) is 3.94. The Hall–Kier alpha value is -2.04. The first-order chi connectivity index (χ1) is 9.76. The lowest BCUT2D eigenvalue weighted by molar-refractivity contribution is 0.408. The largest absolute Gasteiger partial charge is 0.497 e. The van der Waals surface area contributed by atoms with Gasteiger partial charge in [-0.25, -0.2) is 4.39 Å². The molecule has 106 valence electrons. The second kappa shape index (κ2) is 5.53. The Kier molecular flexibility index (Phi) is 3.58. The van der Waals surface area contributed by atoms with Gasteiger partial charge in [-0.1, -0.05) is 0 Å². The summed E-state index contributed by atoms with van der Waals surface area (Å²) >= 11 is 0. The van der Waals surface area contributed by atoms with Crippen LogP contribution in [0.1, 0.15) is 24.3 Å². The second-order valence-electron chi connectivity index (χ2n) is 5.14. The Morgan fingerprint density at radius 1 is 1.30 bits per heavy atom. The number of aromatic amines is 1. The van der Waals surface area contributed by atoms with Gasteiger partial charge in [0.2, 0.25) is 0 Å². The fraction of sp³-hybridized carbons (Fsp3) is 0.400. The van der Waals surface area contributed by atoms with Crippen LogP contribution in [-0.4, -0.2) is 30.4 Å². The van der Waals surface area contributed by atoms with Crippen molar-refractivity contribution in [2.45, 2.75) is 18.8 Å². The van der Waals surface area contributed by atoms with Crippen LogP contribution < -0.4 is 9.64 Å². The van der Waals surface area contributed by atoms with Gasteiger partial charge in [-0.2, -0.15) is 5.10 Å². The summed E-state index contributed by atoms with van der Waals surface area (Å²) < 4.78 is 18.7. The molecule has 0 unspecified atom stereocenters. The lowest BCUT2D eigenvalue weighted by atomic mass is 9.89. The van der Waals surface area contributed by atoms with E-state index in [0.29, 0.717) is 11.7 Å². The molecule has 5 heteroatoms. The number of H-pyrrole nitrogens is 1. The SMILES string of the molecule is COc1cc(F)cc(C2CCN(c3cn[nH]c3)CC2)c1. The van der Waals surface area contributed by atoms with Gasteiger partial charge in [-0.15, -0.1) is 0 Å². The van der Waals surface area contributed by atoms with E-state index in [-0.39, 0.29) is 5.82 Å². The molecule has 0 spiro atoms. The Bertz CT molecular complexity index is 563. The van der Waals surface area contributed by atoms with Gasteiger partial charge in [0, 0.05) is 25.4 Å². The van der Waals surface area contributed by atoms with Crippen molar-refractivity contribution in [2.75, 3.05) is 25.1 Å². The zero-order valence-electron chi connectivity index (χ0n) is 11.5. The number of halogens is 1. The molecule has 1 fully saturated rings. The zero-order chi connectivity index (χ0) is 13.9. The van der Waals surface area contributed by atoms with E-state index in [2.05, 4.69) is 15.1 Å². The Morgan fingerprint density at radius 3 is 2.75 bits per heavy atom. The lowest BCUT2D eigenvalue weighted by Crippen LogP contribution is -2.32. The number of anilines is 1. The van der Waals surface area contributed by atoms with E-state index in [0.717, 1.165) is 37.2 Å². The number of rotatable bonds is 3. The summed E-state index contributed by atoms with van der Waals surface area (Å²) in [5.74, 6) is 0.761. The van der Waals surface area contributed by atoms with Gasteiger partial charge in [0.1, 0.15) is 11.6 Å². The summed E-state index contributed by atoms with van der Waals surface area (Å²) in [7, 11) is 1.57. The van der Waals surface area contributed by atoms with Gasteiger partial charge < -0.3 is 9.64 Å². The summed E-state index contributed by atoms with van der Waals surface area (Å²) in [6, 6.07) is 4.99. The van der Waals surface area contributed by atoms with E-state index < -0.39 is 0 Å². The van der Waals surface area contributed by atoms with E-state index in [4.69, 9.17) is 4.74 Å². The zero-order valence-corrected chi connectivity index (χ0v) is 11.5. The van der Waals surface area contributed by atoms with Crippen molar-refractivity contribution in [2.24, 2.45) is 0 Å². The van der Waals surface area contributed by atoms with Crippen LogP contribution >= 0.6 is 0 Å². The fourth-order valence-corrected chi connectivity index (χ4v) is 2.83. The summed E-state index contributed by atoms with van der Waals surface area (Å²) in [6.07, 6.45) is 5.77. The highest BCUT2D eigenvalue weighted by atomic mass is 19.1. The van der Waals surface area contributed by atoms with Crippen molar-refractivity contribution >= 4 is 5.69 Å². The standard InChI is InChI=1S/C15H18FN3O/c1-20-15-7-12(6-13(16)8-15)11-2-4-19(5-3-11)14-9-17-18-10-14/h6-11H,2-5H2,1H3,(H,17,18). The van der Waals surface area contributed by atoms with Crippen LogP contribution in [0.4, 0.5) is 10.1 Å². The third kappa shape index (κ3) is 2.61. The number of ether oxygens (including phenoxy) is 1.